The lowest BCUT2D eigenvalue weighted by Gasteiger charge is -2.08. The van der Waals surface area contributed by atoms with Crippen LogP contribution in [-0.4, -0.2) is 17.1 Å². The van der Waals surface area contributed by atoms with Gasteiger partial charge < -0.3 is 15.2 Å². The van der Waals surface area contributed by atoms with Gasteiger partial charge in [-0.2, -0.15) is 0 Å². The predicted octanol–water partition coefficient (Wildman–Crippen LogP) is 1.83. The Bertz CT molecular complexity index is 541. The van der Waals surface area contributed by atoms with E-state index in [-0.39, 0.29) is 0 Å². The van der Waals surface area contributed by atoms with Gasteiger partial charge in [0.1, 0.15) is 18.1 Å². The molecule has 0 spiro atoms. The number of ether oxygens (including phenoxy) is 2. The summed E-state index contributed by atoms with van der Waals surface area (Å²) in [5.74, 6) is 1.47. The van der Waals surface area contributed by atoms with Crippen LogP contribution >= 0.6 is 0 Å². The van der Waals surface area contributed by atoms with E-state index in [0.29, 0.717) is 18.9 Å². The van der Waals surface area contributed by atoms with Crippen LogP contribution in [0.4, 0.5) is 0 Å². The molecule has 0 amide bonds. The third-order valence-corrected chi connectivity index (χ3v) is 2.61. The van der Waals surface area contributed by atoms with Crippen molar-refractivity contribution >= 4 is 0 Å². The first-order chi connectivity index (χ1) is 9.21. The van der Waals surface area contributed by atoms with E-state index in [1.807, 2.05) is 31.2 Å². The lowest BCUT2D eigenvalue weighted by molar-refractivity contribution is 0.298. The van der Waals surface area contributed by atoms with E-state index >= 15 is 0 Å². The lowest BCUT2D eigenvalue weighted by atomic mass is 10.3. The van der Waals surface area contributed by atoms with E-state index < -0.39 is 0 Å². The molecule has 2 N–H and O–H groups in total. The van der Waals surface area contributed by atoms with Crippen LogP contribution < -0.4 is 15.2 Å². The maximum atomic E-state index is 5.62. The second kappa shape index (κ2) is 6.15. The smallest absolute Gasteiger partial charge is 0.138 e. The Hall–Kier alpha value is -2.14. The van der Waals surface area contributed by atoms with Gasteiger partial charge in [0.25, 0.3) is 0 Å². The summed E-state index contributed by atoms with van der Waals surface area (Å²) >= 11 is 0. The highest BCUT2D eigenvalue weighted by molar-refractivity contribution is 5.27. The average molecular weight is 259 g/mol. The first-order valence-electron chi connectivity index (χ1n) is 6.00. The molecule has 0 aliphatic heterocycles. The molecule has 5 heteroatoms. The molecular weight excluding hydrogens is 242 g/mol. The lowest BCUT2D eigenvalue weighted by Crippen LogP contribution is -2.02. The Morgan fingerprint density at radius 1 is 1.16 bits per heavy atom. The SMILES string of the molecule is COc1cc(C)nc(COc2ccc(CN)nc2)c1. The third-order valence-electron chi connectivity index (χ3n) is 2.61. The molecule has 0 aliphatic rings. The van der Waals surface area contributed by atoms with Crippen molar-refractivity contribution in [1.82, 2.24) is 9.97 Å². The number of aryl methyl sites for hydroxylation is 1. The van der Waals surface area contributed by atoms with Crippen molar-refractivity contribution in [2.75, 3.05) is 7.11 Å². The van der Waals surface area contributed by atoms with Gasteiger partial charge in [-0.25, -0.2) is 0 Å². The predicted molar refractivity (Wildman–Crippen MR) is 72.0 cm³/mol. The van der Waals surface area contributed by atoms with Gasteiger partial charge in [-0.15, -0.1) is 0 Å². The van der Waals surface area contributed by atoms with Gasteiger partial charge in [-0.1, -0.05) is 0 Å². The summed E-state index contributed by atoms with van der Waals surface area (Å²) in [5.41, 5.74) is 8.04. The molecule has 0 fully saturated rings. The van der Waals surface area contributed by atoms with Crippen molar-refractivity contribution < 1.29 is 9.47 Å². The average Bonchev–Trinajstić information content (AvgIpc) is 2.45. The minimum absolute atomic E-state index is 0.377. The number of rotatable bonds is 5. The summed E-state index contributed by atoms with van der Waals surface area (Å²) in [6.07, 6.45) is 1.66. The molecule has 0 unspecified atom stereocenters. The van der Waals surface area contributed by atoms with Gasteiger partial charge in [-0.3, -0.25) is 9.97 Å². The molecule has 0 radical (unpaired) electrons. The van der Waals surface area contributed by atoms with Crippen LogP contribution in [0.1, 0.15) is 17.1 Å². The van der Waals surface area contributed by atoms with Crippen LogP contribution in [0.5, 0.6) is 11.5 Å². The molecule has 2 aromatic heterocycles. The summed E-state index contributed by atoms with van der Waals surface area (Å²) < 4.78 is 10.8. The molecule has 0 saturated carbocycles. The van der Waals surface area contributed by atoms with E-state index in [1.54, 1.807) is 13.3 Å². The van der Waals surface area contributed by atoms with Gasteiger partial charge in [0, 0.05) is 24.4 Å². The molecule has 0 atom stereocenters. The van der Waals surface area contributed by atoms with Crippen LogP contribution in [0.2, 0.25) is 0 Å². The highest BCUT2D eigenvalue weighted by atomic mass is 16.5. The second-order valence-electron chi connectivity index (χ2n) is 4.12. The number of aromatic nitrogens is 2. The third kappa shape index (κ3) is 3.66. The van der Waals surface area contributed by atoms with Gasteiger partial charge in [0.2, 0.25) is 0 Å². The van der Waals surface area contributed by atoms with Crippen molar-refractivity contribution in [3.63, 3.8) is 0 Å². The minimum Gasteiger partial charge on any atom is -0.497 e. The van der Waals surface area contributed by atoms with E-state index in [0.717, 1.165) is 22.8 Å². The second-order valence-corrected chi connectivity index (χ2v) is 4.12. The molecular formula is C14H17N3O2. The van der Waals surface area contributed by atoms with E-state index in [2.05, 4.69) is 9.97 Å². The normalized spacial score (nSPS) is 10.3. The monoisotopic (exact) mass is 259 g/mol. The molecule has 5 nitrogen and oxygen atoms in total. The topological polar surface area (TPSA) is 70.3 Å². The largest absolute Gasteiger partial charge is 0.497 e. The molecule has 0 aliphatic carbocycles. The van der Waals surface area contributed by atoms with Crippen molar-refractivity contribution in [3.05, 3.63) is 47.5 Å². The molecule has 100 valence electrons. The standard InChI is InChI=1S/C14H17N3O2/c1-10-5-14(18-2)6-12(17-10)9-19-13-4-3-11(7-15)16-8-13/h3-6,8H,7,9,15H2,1-2H3. The van der Waals surface area contributed by atoms with Gasteiger partial charge in [0.05, 0.1) is 24.7 Å². The molecule has 2 heterocycles. The van der Waals surface area contributed by atoms with Crippen molar-refractivity contribution in [3.8, 4) is 11.5 Å². The van der Waals surface area contributed by atoms with Crippen LogP contribution in [0.3, 0.4) is 0 Å². The summed E-state index contributed by atoms with van der Waals surface area (Å²) in [6, 6.07) is 7.43. The molecule has 2 aromatic rings. The zero-order valence-electron chi connectivity index (χ0n) is 11.1. The number of nitrogens with zero attached hydrogens (tertiary/aromatic N) is 2. The highest BCUT2D eigenvalue weighted by Gasteiger charge is 2.02. The fourth-order valence-electron chi connectivity index (χ4n) is 1.67. The molecule has 0 bridgehead atoms. The maximum absolute atomic E-state index is 5.62. The van der Waals surface area contributed by atoms with Crippen LogP contribution in [0.25, 0.3) is 0 Å². The first kappa shape index (κ1) is 13.3. The van der Waals surface area contributed by atoms with Crippen LogP contribution in [0, 0.1) is 6.92 Å². The van der Waals surface area contributed by atoms with Crippen LogP contribution in [0.15, 0.2) is 30.5 Å². The summed E-state index contributed by atoms with van der Waals surface area (Å²) in [6.45, 7) is 2.72. The number of methoxy groups -OCH3 is 1. The summed E-state index contributed by atoms with van der Waals surface area (Å²) in [5, 5.41) is 0. The van der Waals surface area contributed by atoms with Gasteiger partial charge >= 0.3 is 0 Å². The van der Waals surface area contributed by atoms with Gasteiger partial charge in [0.15, 0.2) is 0 Å². The van der Waals surface area contributed by atoms with Crippen LogP contribution in [-0.2, 0) is 13.2 Å². The maximum Gasteiger partial charge on any atom is 0.138 e. The Kier molecular flexibility index (Phi) is 4.30. The zero-order chi connectivity index (χ0) is 13.7. The Morgan fingerprint density at radius 2 is 2.00 bits per heavy atom. The van der Waals surface area contributed by atoms with E-state index in [1.165, 1.54) is 0 Å². The minimum atomic E-state index is 0.377. The quantitative estimate of drug-likeness (QED) is 0.887. The van der Waals surface area contributed by atoms with Crippen molar-refractivity contribution in [2.45, 2.75) is 20.1 Å². The number of hydrogen-bond acceptors (Lipinski definition) is 5. The molecule has 2 rings (SSSR count). The zero-order valence-corrected chi connectivity index (χ0v) is 11.1. The summed E-state index contributed by atoms with van der Waals surface area (Å²) in [4.78, 5) is 8.55. The highest BCUT2D eigenvalue weighted by Crippen LogP contribution is 2.16. The van der Waals surface area contributed by atoms with E-state index in [4.69, 9.17) is 15.2 Å². The molecule has 0 aromatic carbocycles. The first-order valence-corrected chi connectivity index (χ1v) is 6.00. The number of pyridine rings is 2. The Morgan fingerprint density at radius 3 is 2.63 bits per heavy atom. The molecule has 0 saturated heterocycles. The number of nitrogens with two attached hydrogens (primary N) is 1. The Balaban J connectivity index is 2.03. The number of hydrogen-bond donors (Lipinski definition) is 1. The van der Waals surface area contributed by atoms with Crippen molar-refractivity contribution in [1.29, 1.82) is 0 Å². The van der Waals surface area contributed by atoms with Crippen molar-refractivity contribution in [2.24, 2.45) is 5.73 Å². The van der Waals surface area contributed by atoms with E-state index in [9.17, 15) is 0 Å². The molecule has 19 heavy (non-hydrogen) atoms. The fourth-order valence-corrected chi connectivity index (χ4v) is 1.67. The Labute approximate surface area is 112 Å². The van der Waals surface area contributed by atoms with Gasteiger partial charge in [-0.05, 0) is 19.1 Å². The summed E-state index contributed by atoms with van der Waals surface area (Å²) in [7, 11) is 1.63. The fraction of sp³-hybridized carbons (Fsp3) is 0.286.